The highest BCUT2D eigenvalue weighted by molar-refractivity contribution is 6.06. The number of hydrogen-bond acceptors (Lipinski definition) is 3. The van der Waals surface area contributed by atoms with Crippen molar-refractivity contribution < 1.29 is 4.42 Å². The number of rotatable bonds is 6. The van der Waals surface area contributed by atoms with Crippen LogP contribution in [-0.4, -0.2) is 9.97 Å². The van der Waals surface area contributed by atoms with Crippen LogP contribution in [0.3, 0.4) is 0 Å². The Morgan fingerprint density at radius 2 is 0.879 bits per heavy atom. The van der Waals surface area contributed by atoms with Crippen LogP contribution in [0.1, 0.15) is 25.0 Å². The molecular formula is C55H38N2O. The highest BCUT2D eigenvalue weighted by Crippen LogP contribution is 2.49. The van der Waals surface area contributed by atoms with Gasteiger partial charge in [-0.2, -0.15) is 0 Å². The third-order valence-electron chi connectivity index (χ3n) is 11.9. The Hall–Kier alpha value is -7.36. The highest BCUT2D eigenvalue weighted by Gasteiger charge is 2.35. The molecule has 2 aromatic heterocycles. The topological polar surface area (TPSA) is 38.9 Å². The van der Waals surface area contributed by atoms with Gasteiger partial charge in [0.15, 0.2) is 5.82 Å². The molecule has 0 atom stereocenters. The first-order valence-electron chi connectivity index (χ1n) is 19.9. The molecule has 8 aromatic carbocycles. The zero-order valence-electron chi connectivity index (χ0n) is 32.3. The van der Waals surface area contributed by atoms with E-state index >= 15 is 0 Å². The van der Waals surface area contributed by atoms with Gasteiger partial charge in [-0.25, -0.2) is 9.97 Å². The maximum absolute atomic E-state index is 6.38. The lowest BCUT2D eigenvalue weighted by Crippen LogP contribution is -2.14. The van der Waals surface area contributed by atoms with E-state index in [1.54, 1.807) is 0 Å². The molecule has 274 valence electrons. The van der Waals surface area contributed by atoms with Crippen LogP contribution in [0.25, 0.3) is 100 Å². The van der Waals surface area contributed by atoms with Crippen molar-refractivity contribution >= 4 is 21.9 Å². The van der Waals surface area contributed by atoms with Gasteiger partial charge in [0.1, 0.15) is 11.2 Å². The summed E-state index contributed by atoms with van der Waals surface area (Å²) in [5, 5.41) is 2.23. The van der Waals surface area contributed by atoms with Gasteiger partial charge in [0, 0.05) is 32.9 Å². The summed E-state index contributed by atoms with van der Waals surface area (Å²) >= 11 is 0. The number of nitrogens with zero attached hydrogens (tertiary/aromatic N) is 2. The fourth-order valence-corrected chi connectivity index (χ4v) is 8.84. The quantitative estimate of drug-likeness (QED) is 0.170. The van der Waals surface area contributed by atoms with Gasteiger partial charge >= 0.3 is 0 Å². The fourth-order valence-electron chi connectivity index (χ4n) is 8.84. The van der Waals surface area contributed by atoms with Crippen LogP contribution < -0.4 is 0 Å². The highest BCUT2D eigenvalue weighted by atomic mass is 16.3. The Labute approximate surface area is 338 Å². The molecule has 0 saturated heterocycles. The van der Waals surface area contributed by atoms with Crippen molar-refractivity contribution in [1.82, 2.24) is 9.97 Å². The number of furan rings is 1. The Morgan fingerprint density at radius 1 is 0.345 bits per heavy atom. The number of benzene rings is 8. The zero-order valence-corrected chi connectivity index (χ0v) is 32.3. The van der Waals surface area contributed by atoms with Gasteiger partial charge in [-0.05, 0) is 110 Å². The molecule has 0 spiro atoms. The number of aromatic nitrogens is 2. The molecule has 0 radical (unpaired) electrons. The van der Waals surface area contributed by atoms with E-state index in [1.165, 1.54) is 33.4 Å². The van der Waals surface area contributed by atoms with Crippen LogP contribution in [0.4, 0.5) is 0 Å². The van der Waals surface area contributed by atoms with Gasteiger partial charge in [0.05, 0.1) is 11.4 Å². The fraction of sp³-hybridized carbons (Fsp3) is 0.0545. The summed E-state index contributed by atoms with van der Waals surface area (Å²) < 4.78 is 6.38. The lowest BCUT2D eigenvalue weighted by molar-refractivity contribution is 0.660. The zero-order chi connectivity index (χ0) is 38.8. The normalized spacial score (nSPS) is 12.8. The second-order valence-electron chi connectivity index (χ2n) is 15.8. The first kappa shape index (κ1) is 33.9. The van der Waals surface area contributed by atoms with Crippen LogP contribution in [0, 0.1) is 0 Å². The minimum absolute atomic E-state index is 0.0710. The molecule has 0 amide bonds. The number of hydrogen-bond donors (Lipinski definition) is 0. The summed E-state index contributed by atoms with van der Waals surface area (Å²) in [5.74, 6) is 0.691. The van der Waals surface area contributed by atoms with E-state index in [0.29, 0.717) is 5.82 Å². The largest absolute Gasteiger partial charge is 0.456 e. The summed E-state index contributed by atoms with van der Waals surface area (Å²) in [5.41, 5.74) is 18.7. The average Bonchev–Trinajstić information content (AvgIpc) is 3.77. The van der Waals surface area contributed by atoms with Crippen LogP contribution >= 0.6 is 0 Å². The molecule has 0 fully saturated rings. The van der Waals surface area contributed by atoms with Crippen LogP contribution in [0.5, 0.6) is 0 Å². The SMILES string of the molecule is CC1(C)c2ccccc2-c2ccc(-c3cccc(-c4cc(-c5ccc6c(c5)oc5ccccc56)cc(-c5cc(-c6ccccc6)nc(-c6ccccc6)n5)c4)c3)cc21. The van der Waals surface area contributed by atoms with Crippen molar-refractivity contribution in [2.75, 3.05) is 0 Å². The molecule has 0 aliphatic heterocycles. The van der Waals surface area contributed by atoms with Crippen molar-refractivity contribution in [2.45, 2.75) is 19.3 Å². The van der Waals surface area contributed by atoms with E-state index in [4.69, 9.17) is 14.4 Å². The molecule has 1 aliphatic carbocycles. The Kier molecular flexibility index (Phi) is 7.84. The molecule has 0 N–H and O–H groups in total. The summed E-state index contributed by atoms with van der Waals surface area (Å²) in [6.45, 7) is 4.68. The Balaban J connectivity index is 1.08. The van der Waals surface area contributed by atoms with Crippen molar-refractivity contribution in [1.29, 1.82) is 0 Å². The molecular weight excluding hydrogens is 705 g/mol. The van der Waals surface area contributed by atoms with E-state index in [-0.39, 0.29) is 5.41 Å². The third kappa shape index (κ3) is 5.74. The molecule has 1 aliphatic rings. The number of para-hydroxylation sites is 1. The number of fused-ring (bicyclic) bond motifs is 6. The van der Waals surface area contributed by atoms with Crippen LogP contribution in [0.2, 0.25) is 0 Å². The predicted octanol–water partition coefficient (Wildman–Crippen LogP) is 14.7. The lowest BCUT2D eigenvalue weighted by Gasteiger charge is -2.22. The van der Waals surface area contributed by atoms with Crippen molar-refractivity contribution in [3.05, 3.63) is 205 Å². The first-order valence-corrected chi connectivity index (χ1v) is 19.9. The van der Waals surface area contributed by atoms with Crippen molar-refractivity contribution in [3.63, 3.8) is 0 Å². The molecule has 11 rings (SSSR count). The summed E-state index contributed by atoms with van der Waals surface area (Å²) in [6.07, 6.45) is 0. The summed E-state index contributed by atoms with van der Waals surface area (Å²) in [6, 6.07) is 69.1. The van der Waals surface area contributed by atoms with Crippen LogP contribution in [0.15, 0.2) is 199 Å². The molecule has 0 saturated carbocycles. The van der Waals surface area contributed by atoms with E-state index in [9.17, 15) is 0 Å². The Morgan fingerprint density at radius 3 is 1.67 bits per heavy atom. The predicted molar refractivity (Wildman–Crippen MR) is 239 cm³/mol. The van der Waals surface area contributed by atoms with Gasteiger partial charge in [0.2, 0.25) is 0 Å². The van der Waals surface area contributed by atoms with E-state index in [0.717, 1.165) is 72.3 Å². The van der Waals surface area contributed by atoms with Gasteiger partial charge in [0.25, 0.3) is 0 Å². The molecule has 2 heterocycles. The first-order chi connectivity index (χ1) is 28.5. The molecule has 0 unspecified atom stereocenters. The summed E-state index contributed by atoms with van der Waals surface area (Å²) in [7, 11) is 0. The molecule has 58 heavy (non-hydrogen) atoms. The van der Waals surface area contributed by atoms with Gasteiger partial charge in [-0.1, -0.05) is 153 Å². The van der Waals surface area contributed by atoms with E-state index in [1.807, 2.05) is 36.4 Å². The minimum Gasteiger partial charge on any atom is -0.456 e. The Bertz CT molecular complexity index is 3140. The van der Waals surface area contributed by atoms with E-state index < -0.39 is 0 Å². The van der Waals surface area contributed by atoms with Crippen molar-refractivity contribution in [3.8, 4) is 78.4 Å². The molecule has 3 nitrogen and oxygen atoms in total. The minimum atomic E-state index is -0.0710. The molecule has 0 bridgehead atoms. The molecule has 10 aromatic rings. The standard InChI is InChI=1S/C55H38N2O/c1-55(2)48-22-11-9-20-44(48)45-26-24-39(32-49(45)55)37-18-13-19-38(28-37)41-29-42(40-25-27-47-46-21-10-12-23-52(46)58-53(47)33-40)31-43(30-41)51-34-50(35-14-5-3-6-15-35)56-54(57-51)36-16-7-4-8-17-36/h3-34H,1-2H3. The third-order valence-corrected chi connectivity index (χ3v) is 11.9. The average molecular weight is 743 g/mol. The smallest absolute Gasteiger partial charge is 0.160 e. The lowest BCUT2D eigenvalue weighted by atomic mass is 9.81. The second kappa shape index (κ2) is 13.4. The summed E-state index contributed by atoms with van der Waals surface area (Å²) in [4.78, 5) is 10.3. The van der Waals surface area contributed by atoms with Gasteiger partial charge in [-0.15, -0.1) is 0 Å². The van der Waals surface area contributed by atoms with Crippen molar-refractivity contribution in [2.24, 2.45) is 0 Å². The second-order valence-corrected chi connectivity index (χ2v) is 15.8. The molecule has 3 heteroatoms. The van der Waals surface area contributed by atoms with Gasteiger partial charge in [-0.3, -0.25) is 0 Å². The maximum atomic E-state index is 6.38. The van der Waals surface area contributed by atoms with Crippen LogP contribution in [-0.2, 0) is 5.41 Å². The van der Waals surface area contributed by atoms with Gasteiger partial charge < -0.3 is 4.42 Å². The van der Waals surface area contributed by atoms with E-state index in [2.05, 4.69) is 172 Å². The monoisotopic (exact) mass is 742 g/mol. The maximum Gasteiger partial charge on any atom is 0.160 e.